The van der Waals surface area contributed by atoms with E-state index in [-0.39, 0.29) is 0 Å². The Balaban J connectivity index is 2.24. The Morgan fingerprint density at radius 3 is 0.804 bits per heavy atom. The van der Waals surface area contributed by atoms with E-state index in [1.54, 1.807) is 0 Å². The summed E-state index contributed by atoms with van der Waals surface area (Å²) in [6.45, 7) is 9.35. The number of unbranched alkanes of at least 4 members (excludes halogenated alkanes) is 26. The van der Waals surface area contributed by atoms with Gasteiger partial charge in [-0.3, -0.25) is 0 Å². The van der Waals surface area contributed by atoms with E-state index in [0.717, 1.165) is 11.5 Å². The second-order valence-corrected chi connectivity index (χ2v) is 14.9. The third kappa shape index (κ3) is 21.6. The van der Waals surface area contributed by atoms with Gasteiger partial charge in [-0.25, -0.2) is 0 Å². The number of benzene rings is 1. The van der Waals surface area contributed by atoms with Crippen molar-refractivity contribution in [2.75, 3.05) is 14.2 Å². The number of rotatable bonds is 34. The van der Waals surface area contributed by atoms with E-state index in [4.69, 9.17) is 9.47 Å². The molecule has 0 bridgehead atoms. The van der Waals surface area contributed by atoms with Crippen LogP contribution >= 0.6 is 0 Å². The standard InChI is InChI=1S/C44H82O2/c1-7-9-11-13-15-17-19-21-23-25-27-29-31-33-35-39(3)41-37-44(46-6)42(38-43(41)45-5)40(4)36-34-32-30-28-26-24-22-20-18-16-14-12-10-8-2/h37-40H,7-36H2,1-6H3. The normalized spacial score (nSPS) is 12.8. The lowest BCUT2D eigenvalue weighted by Crippen LogP contribution is -2.04. The van der Waals surface area contributed by atoms with Crippen LogP contribution in [0.2, 0.25) is 0 Å². The summed E-state index contributed by atoms with van der Waals surface area (Å²) < 4.78 is 11.9. The largest absolute Gasteiger partial charge is 0.496 e. The van der Waals surface area contributed by atoms with Crippen LogP contribution in [0.4, 0.5) is 0 Å². The van der Waals surface area contributed by atoms with Gasteiger partial charge in [-0.2, -0.15) is 0 Å². The topological polar surface area (TPSA) is 18.5 Å². The first-order valence-corrected chi connectivity index (χ1v) is 20.8. The zero-order chi connectivity index (χ0) is 33.5. The van der Waals surface area contributed by atoms with Gasteiger partial charge in [-0.05, 0) is 36.8 Å². The van der Waals surface area contributed by atoms with Gasteiger partial charge in [0.2, 0.25) is 0 Å². The molecule has 0 aromatic heterocycles. The van der Waals surface area contributed by atoms with Gasteiger partial charge in [0.1, 0.15) is 11.5 Å². The minimum Gasteiger partial charge on any atom is -0.496 e. The van der Waals surface area contributed by atoms with Gasteiger partial charge in [0.05, 0.1) is 14.2 Å². The van der Waals surface area contributed by atoms with E-state index < -0.39 is 0 Å². The molecule has 0 amide bonds. The van der Waals surface area contributed by atoms with Gasteiger partial charge in [0.15, 0.2) is 0 Å². The number of ether oxygens (including phenoxy) is 2. The van der Waals surface area contributed by atoms with Gasteiger partial charge in [-0.1, -0.05) is 207 Å². The fourth-order valence-corrected chi connectivity index (χ4v) is 7.32. The van der Waals surface area contributed by atoms with Crippen LogP contribution in [0.5, 0.6) is 11.5 Å². The lowest BCUT2D eigenvalue weighted by atomic mass is 9.88. The van der Waals surface area contributed by atoms with E-state index in [1.807, 2.05) is 14.2 Å². The summed E-state index contributed by atoms with van der Waals surface area (Å²) in [6.07, 6.45) is 42.1. The summed E-state index contributed by atoms with van der Waals surface area (Å²) >= 11 is 0. The van der Waals surface area contributed by atoms with Crippen LogP contribution in [-0.4, -0.2) is 14.2 Å². The molecule has 270 valence electrons. The molecule has 0 N–H and O–H groups in total. The van der Waals surface area contributed by atoms with Gasteiger partial charge in [0.25, 0.3) is 0 Å². The van der Waals surface area contributed by atoms with Crippen molar-refractivity contribution in [3.8, 4) is 11.5 Å². The van der Waals surface area contributed by atoms with Crippen LogP contribution in [0.3, 0.4) is 0 Å². The third-order valence-electron chi connectivity index (χ3n) is 10.6. The Labute approximate surface area is 290 Å². The highest BCUT2D eigenvalue weighted by molar-refractivity contribution is 5.49. The zero-order valence-electron chi connectivity index (χ0n) is 32.3. The van der Waals surface area contributed by atoms with Crippen LogP contribution in [0.25, 0.3) is 0 Å². The SMILES string of the molecule is CCCCCCCCCCCCCCCCC(C)c1cc(OC)c(C(C)CCCCCCCCCCCCCCCC)cc1OC. The Kier molecular flexibility index (Phi) is 29.0. The summed E-state index contributed by atoms with van der Waals surface area (Å²) in [5, 5.41) is 0. The van der Waals surface area contributed by atoms with E-state index in [0.29, 0.717) is 11.8 Å². The van der Waals surface area contributed by atoms with E-state index in [9.17, 15) is 0 Å². The van der Waals surface area contributed by atoms with Gasteiger partial charge >= 0.3 is 0 Å². The third-order valence-corrected chi connectivity index (χ3v) is 10.6. The van der Waals surface area contributed by atoms with Crippen LogP contribution in [0.15, 0.2) is 12.1 Å². The number of hydrogen-bond acceptors (Lipinski definition) is 2. The van der Waals surface area contributed by atoms with E-state index >= 15 is 0 Å². The van der Waals surface area contributed by atoms with Crippen LogP contribution in [0, 0.1) is 0 Å². The highest BCUT2D eigenvalue weighted by atomic mass is 16.5. The predicted octanol–water partition coefficient (Wildman–Crippen LogP) is 15.7. The van der Waals surface area contributed by atoms with E-state index in [1.165, 1.54) is 204 Å². The molecule has 0 saturated heterocycles. The predicted molar refractivity (Wildman–Crippen MR) is 206 cm³/mol. The van der Waals surface area contributed by atoms with Crippen molar-refractivity contribution in [1.29, 1.82) is 0 Å². The molecule has 2 unspecified atom stereocenters. The first-order valence-electron chi connectivity index (χ1n) is 20.8. The molecular formula is C44H82O2. The lowest BCUT2D eigenvalue weighted by Gasteiger charge is -2.22. The highest BCUT2D eigenvalue weighted by Crippen LogP contribution is 2.40. The first kappa shape index (κ1) is 42.8. The molecule has 0 fully saturated rings. The number of hydrogen-bond donors (Lipinski definition) is 0. The molecule has 2 atom stereocenters. The quantitative estimate of drug-likeness (QED) is 0.0696. The zero-order valence-corrected chi connectivity index (χ0v) is 32.3. The van der Waals surface area contributed by atoms with Crippen molar-refractivity contribution < 1.29 is 9.47 Å². The van der Waals surface area contributed by atoms with Gasteiger partial charge in [-0.15, -0.1) is 0 Å². The molecule has 0 aliphatic carbocycles. The van der Waals surface area contributed by atoms with Crippen molar-refractivity contribution in [3.05, 3.63) is 23.3 Å². The summed E-state index contributed by atoms with van der Waals surface area (Å²) in [5.41, 5.74) is 2.64. The molecule has 0 heterocycles. The molecule has 0 spiro atoms. The molecule has 0 saturated carbocycles. The maximum absolute atomic E-state index is 5.95. The molecule has 0 aliphatic heterocycles. The van der Waals surface area contributed by atoms with Gasteiger partial charge < -0.3 is 9.47 Å². The van der Waals surface area contributed by atoms with Gasteiger partial charge in [0, 0.05) is 11.1 Å². The lowest BCUT2D eigenvalue weighted by molar-refractivity contribution is 0.386. The minimum absolute atomic E-state index is 0.497. The molecule has 2 heteroatoms. The molecule has 1 aromatic carbocycles. The van der Waals surface area contributed by atoms with Crippen LogP contribution in [0.1, 0.15) is 243 Å². The molecule has 1 rings (SSSR count). The summed E-state index contributed by atoms with van der Waals surface area (Å²) in [5.74, 6) is 3.11. The maximum Gasteiger partial charge on any atom is 0.122 e. The van der Waals surface area contributed by atoms with Crippen molar-refractivity contribution in [2.24, 2.45) is 0 Å². The minimum atomic E-state index is 0.497. The number of methoxy groups -OCH3 is 2. The first-order chi connectivity index (χ1) is 22.6. The second kappa shape index (κ2) is 31.1. The van der Waals surface area contributed by atoms with Crippen LogP contribution in [-0.2, 0) is 0 Å². The summed E-state index contributed by atoms with van der Waals surface area (Å²) in [6, 6.07) is 4.59. The Morgan fingerprint density at radius 2 is 0.587 bits per heavy atom. The summed E-state index contributed by atoms with van der Waals surface area (Å²) in [4.78, 5) is 0. The van der Waals surface area contributed by atoms with Crippen molar-refractivity contribution in [2.45, 2.75) is 232 Å². The smallest absolute Gasteiger partial charge is 0.122 e. The Hall–Kier alpha value is -1.18. The fourth-order valence-electron chi connectivity index (χ4n) is 7.32. The maximum atomic E-state index is 5.95. The van der Waals surface area contributed by atoms with Crippen molar-refractivity contribution in [3.63, 3.8) is 0 Å². The average molecular weight is 643 g/mol. The Bertz CT molecular complexity index is 721. The van der Waals surface area contributed by atoms with Crippen molar-refractivity contribution in [1.82, 2.24) is 0 Å². The monoisotopic (exact) mass is 643 g/mol. The second-order valence-electron chi connectivity index (χ2n) is 14.9. The molecule has 1 aromatic rings. The molecule has 0 radical (unpaired) electrons. The van der Waals surface area contributed by atoms with E-state index in [2.05, 4.69) is 39.8 Å². The Morgan fingerprint density at radius 1 is 0.370 bits per heavy atom. The average Bonchev–Trinajstić information content (AvgIpc) is 3.07. The van der Waals surface area contributed by atoms with Crippen LogP contribution < -0.4 is 9.47 Å². The molecular weight excluding hydrogens is 560 g/mol. The molecule has 0 aliphatic rings. The highest BCUT2D eigenvalue weighted by Gasteiger charge is 2.19. The fraction of sp³-hybridized carbons (Fsp3) is 0.864. The summed E-state index contributed by atoms with van der Waals surface area (Å²) in [7, 11) is 3.68. The molecule has 2 nitrogen and oxygen atoms in total. The van der Waals surface area contributed by atoms with Crippen molar-refractivity contribution >= 4 is 0 Å². The molecule has 46 heavy (non-hydrogen) atoms.